The topological polar surface area (TPSA) is 20.3 Å². The number of hydrogen-bond acceptors (Lipinski definition) is 1. The van der Waals surface area contributed by atoms with Crippen LogP contribution in [-0.2, 0) is 4.79 Å². The van der Waals surface area contributed by atoms with Crippen LogP contribution in [0.2, 0.25) is 0 Å². The summed E-state index contributed by atoms with van der Waals surface area (Å²) < 4.78 is 0. The van der Waals surface area contributed by atoms with Gasteiger partial charge in [-0.05, 0) is 36.4 Å². The third-order valence-electron chi connectivity index (χ3n) is 5.51. The van der Waals surface area contributed by atoms with Crippen LogP contribution in [0.15, 0.2) is 91.0 Å². The number of benzene rings is 3. The Bertz CT molecular complexity index is 889. The van der Waals surface area contributed by atoms with Crippen LogP contribution in [0.5, 0.6) is 0 Å². The van der Waals surface area contributed by atoms with Crippen molar-refractivity contribution in [3.05, 3.63) is 91.0 Å². The van der Waals surface area contributed by atoms with Gasteiger partial charge in [0.25, 0.3) is 5.91 Å². The average Bonchev–Trinajstić information content (AvgIpc) is 3.12. The maximum atomic E-state index is 13.5. The number of hydrogen-bond donors (Lipinski definition) is 0. The number of halogens is 1. The number of nitrogens with zero attached hydrogens (tertiary/aromatic N) is 1. The highest BCUT2D eigenvalue weighted by Gasteiger charge is 2.58. The number of carbonyl (C=O) groups excluding carboxylic acids is 1. The molecule has 1 aliphatic rings. The normalized spacial score (nSPS) is 16.2. The molecule has 0 bridgehead atoms. The number of terminal acetylenes is 1. The lowest BCUT2D eigenvalue weighted by Gasteiger charge is -2.31. The molecule has 4 heteroatoms. The van der Waals surface area contributed by atoms with Crippen LogP contribution in [-0.4, -0.2) is 29.6 Å². The number of rotatable bonds is 5. The summed E-state index contributed by atoms with van der Waals surface area (Å²) in [7, 11) is -2.18. The molecular weight excluding hydrogens is 441 g/mol. The van der Waals surface area contributed by atoms with Gasteiger partial charge in [0.1, 0.15) is 23.2 Å². The van der Waals surface area contributed by atoms with Crippen LogP contribution in [0, 0.1) is 12.3 Å². The van der Waals surface area contributed by atoms with E-state index in [1.807, 2.05) is 23.1 Å². The highest BCUT2D eigenvalue weighted by atomic mass is 79.9. The molecule has 4 rings (SSSR count). The molecule has 1 amide bonds. The molecule has 0 spiro atoms. The molecule has 1 aliphatic heterocycles. The van der Waals surface area contributed by atoms with Crippen molar-refractivity contribution in [1.29, 1.82) is 0 Å². The van der Waals surface area contributed by atoms with Crippen molar-refractivity contribution in [2.24, 2.45) is 0 Å². The molecule has 1 saturated heterocycles. The molecule has 1 heterocycles. The van der Waals surface area contributed by atoms with Crippen molar-refractivity contribution in [1.82, 2.24) is 4.90 Å². The predicted octanol–water partition coefficient (Wildman–Crippen LogP) is 0.219. The van der Waals surface area contributed by atoms with E-state index in [0.717, 1.165) is 13.0 Å². The van der Waals surface area contributed by atoms with E-state index in [9.17, 15) is 4.79 Å². The first-order chi connectivity index (χ1) is 13.8. The zero-order valence-electron chi connectivity index (χ0n) is 16.1. The molecule has 0 aliphatic carbocycles. The van der Waals surface area contributed by atoms with E-state index in [4.69, 9.17) is 6.42 Å². The standard InChI is InChI=1S/C25H23NOP.BrH/c1-2-19-26-20-18-24(25(26)27)28(21-12-6-3-7-13-21,22-14-8-4-9-15-22)23-16-10-5-11-17-23;/h1,3-17,24H,18-20H2;1H/q+1;/p-1/t24-;/m1./s1. The minimum atomic E-state index is -2.18. The van der Waals surface area contributed by atoms with Gasteiger partial charge in [-0.3, -0.25) is 4.79 Å². The summed E-state index contributed by atoms with van der Waals surface area (Å²) in [6.45, 7) is 1.11. The van der Waals surface area contributed by atoms with Crippen molar-refractivity contribution < 1.29 is 21.8 Å². The highest BCUT2D eigenvalue weighted by Crippen LogP contribution is 2.62. The maximum absolute atomic E-state index is 13.5. The fourth-order valence-electron chi connectivity index (χ4n) is 4.33. The van der Waals surface area contributed by atoms with Gasteiger partial charge in [-0.15, -0.1) is 6.42 Å². The van der Waals surface area contributed by atoms with Gasteiger partial charge in [0.2, 0.25) is 0 Å². The van der Waals surface area contributed by atoms with Crippen LogP contribution >= 0.6 is 7.26 Å². The van der Waals surface area contributed by atoms with Gasteiger partial charge < -0.3 is 21.9 Å². The lowest BCUT2D eigenvalue weighted by molar-refractivity contribution is -0.126. The summed E-state index contributed by atoms with van der Waals surface area (Å²) in [6.07, 6.45) is 6.35. The first-order valence-corrected chi connectivity index (χ1v) is 11.4. The minimum Gasteiger partial charge on any atom is -1.00 e. The average molecular weight is 464 g/mol. The Balaban J connectivity index is 0.00000240. The van der Waals surface area contributed by atoms with Crippen molar-refractivity contribution in [3.8, 4) is 12.3 Å². The van der Waals surface area contributed by atoms with E-state index in [0.29, 0.717) is 6.54 Å². The molecule has 0 radical (unpaired) electrons. The molecule has 1 fully saturated rings. The Kier molecular flexibility index (Phi) is 6.91. The highest BCUT2D eigenvalue weighted by molar-refractivity contribution is 7.96. The second-order valence-corrected chi connectivity index (χ2v) is 10.6. The third-order valence-corrected chi connectivity index (χ3v) is 10.3. The Morgan fingerprint density at radius 3 is 1.62 bits per heavy atom. The Morgan fingerprint density at radius 2 is 1.24 bits per heavy atom. The second kappa shape index (κ2) is 9.40. The van der Waals surface area contributed by atoms with Crippen molar-refractivity contribution in [2.45, 2.75) is 12.1 Å². The molecule has 1 atom stereocenters. The van der Waals surface area contributed by atoms with E-state index in [-0.39, 0.29) is 28.5 Å². The van der Waals surface area contributed by atoms with E-state index in [2.05, 4.69) is 78.7 Å². The van der Waals surface area contributed by atoms with Crippen molar-refractivity contribution in [2.75, 3.05) is 13.1 Å². The van der Waals surface area contributed by atoms with Crippen LogP contribution in [0.25, 0.3) is 0 Å². The molecule has 2 nitrogen and oxygen atoms in total. The quantitative estimate of drug-likeness (QED) is 0.391. The van der Waals surface area contributed by atoms with Gasteiger partial charge >= 0.3 is 0 Å². The molecule has 0 saturated carbocycles. The van der Waals surface area contributed by atoms with Gasteiger partial charge in [-0.2, -0.15) is 0 Å². The van der Waals surface area contributed by atoms with Crippen LogP contribution < -0.4 is 32.9 Å². The van der Waals surface area contributed by atoms with Crippen molar-refractivity contribution in [3.63, 3.8) is 0 Å². The maximum Gasteiger partial charge on any atom is 0.265 e. The zero-order chi connectivity index (χ0) is 19.4. The van der Waals surface area contributed by atoms with Gasteiger partial charge in [0.15, 0.2) is 5.66 Å². The monoisotopic (exact) mass is 463 g/mol. The van der Waals surface area contributed by atoms with Crippen molar-refractivity contribution >= 4 is 29.1 Å². The summed E-state index contributed by atoms with van der Waals surface area (Å²) in [6, 6.07) is 31.7. The number of amides is 1. The molecule has 3 aromatic carbocycles. The van der Waals surface area contributed by atoms with Gasteiger partial charge in [-0.1, -0.05) is 60.5 Å². The summed E-state index contributed by atoms with van der Waals surface area (Å²) in [4.78, 5) is 15.4. The van der Waals surface area contributed by atoms with Gasteiger partial charge in [0.05, 0.1) is 6.54 Å². The summed E-state index contributed by atoms with van der Waals surface area (Å²) >= 11 is 0. The molecule has 0 N–H and O–H groups in total. The van der Waals surface area contributed by atoms with Crippen LogP contribution in [0.4, 0.5) is 0 Å². The summed E-state index contributed by atoms with van der Waals surface area (Å²) in [5.74, 6) is 2.83. The van der Waals surface area contributed by atoms with Crippen LogP contribution in [0.1, 0.15) is 6.42 Å². The zero-order valence-corrected chi connectivity index (χ0v) is 18.6. The smallest absolute Gasteiger partial charge is 0.265 e. The minimum absolute atomic E-state index is 0. The van der Waals surface area contributed by atoms with Gasteiger partial charge in [0, 0.05) is 13.0 Å². The largest absolute Gasteiger partial charge is 1.00 e. The molecule has 146 valence electrons. The molecular formula is C25H23BrNOP. The Hall–Kier alpha value is -2.40. The SMILES string of the molecule is C#CCN1CC[C@@H]([P+](c2ccccc2)(c2ccccc2)c2ccccc2)C1=O.[Br-]. The Morgan fingerprint density at radius 1 is 0.828 bits per heavy atom. The van der Waals surface area contributed by atoms with E-state index >= 15 is 0 Å². The van der Waals surface area contributed by atoms with Gasteiger partial charge in [-0.25, -0.2) is 0 Å². The predicted molar refractivity (Wildman–Crippen MR) is 119 cm³/mol. The van der Waals surface area contributed by atoms with Crippen LogP contribution in [0.3, 0.4) is 0 Å². The van der Waals surface area contributed by atoms with E-state index in [1.54, 1.807) is 0 Å². The second-order valence-electron chi connectivity index (χ2n) is 7.00. The van der Waals surface area contributed by atoms with E-state index in [1.165, 1.54) is 15.9 Å². The fourth-order valence-corrected chi connectivity index (χ4v) is 9.22. The molecule has 0 unspecified atom stereocenters. The lowest BCUT2D eigenvalue weighted by atomic mass is 10.3. The fraction of sp³-hybridized carbons (Fsp3) is 0.160. The molecule has 0 aromatic heterocycles. The number of carbonyl (C=O) groups is 1. The summed E-state index contributed by atoms with van der Waals surface area (Å²) in [5, 5.41) is 3.73. The third kappa shape index (κ3) is 3.76. The number of likely N-dealkylation sites (tertiary alicyclic amines) is 1. The molecule has 3 aromatic rings. The molecule has 29 heavy (non-hydrogen) atoms. The first kappa shape index (κ1) is 21.3. The Labute approximate surface area is 184 Å². The summed E-state index contributed by atoms with van der Waals surface area (Å²) in [5.41, 5.74) is -0.0898. The first-order valence-electron chi connectivity index (χ1n) is 9.56. The van der Waals surface area contributed by atoms with E-state index < -0.39 is 7.26 Å². The lowest BCUT2D eigenvalue weighted by Crippen LogP contribution is -3.00.